The number of pyridine rings is 2. The van der Waals surface area contributed by atoms with Gasteiger partial charge in [-0.05, 0) is 76.2 Å². The Balaban J connectivity index is 1.97. The molecule has 1 aliphatic rings. The van der Waals surface area contributed by atoms with Gasteiger partial charge in [-0.15, -0.1) is 0 Å². The standard InChI is InChI=1S/C25H37N5O2/c1-6-8-18(7-2)24(3,23(31)26-5)30-22-15-20-17(16-28-22)9-10-21(29-20)25(4,32)19-11-13-27-14-12-19/h8-10,15-16,19,27,32H,6-7,11-14H2,1-5H3,(H,26,31)(H,28,30)/b18-8+. The maximum Gasteiger partial charge on any atom is 0.249 e. The number of aliphatic hydroxyl groups is 1. The predicted octanol–water partition coefficient (Wildman–Crippen LogP) is 3.50. The van der Waals surface area contributed by atoms with Crippen LogP contribution in [0.3, 0.4) is 0 Å². The summed E-state index contributed by atoms with van der Waals surface area (Å²) in [5.41, 5.74) is 0.507. The number of anilines is 1. The first-order valence-electron chi connectivity index (χ1n) is 11.7. The summed E-state index contributed by atoms with van der Waals surface area (Å²) in [6.07, 6.45) is 7.29. The average Bonchev–Trinajstić information content (AvgIpc) is 2.81. The van der Waals surface area contributed by atoms with Gasteiger partial charge in [-0.2, -0.15) is 0 Å². The third kappa shape index (κ3) is 4.79. The Labute approximate surface area is 191 Å². The van der Waals surface area contributed by atoms with Gasteiger partial charge in [0.15, 0.2) is 0 Å². The van der Waals surface area contributed by atoms with Crippen molar-refractivity contribution in [1.82, 2.24) is 20.6 Å². The van der Waals surface area contributed by atoms with E-state index in [1.54, 1.807) is 13.2 Å². The Morgan fingerprint density at radius 3 is 2.62 bits per heavy atom. The maximum atomic E-state index is 12.8. The smallest absolute Gasteiger partial charge is 0.249 e. The number of hydrogen-bond donors (Lipinski definition) is 4. The number of hydrogen-bond acceptors (Lipinski definition) is 6. The molecule has 2 unspecified atom stereocenters. The molecule has 3 heterocycles. The summed E-state index contributed by atoms with van der Waals surface area (Å²) in [5.74, 6) is 0.623. The van der Waals surface area contributed by atoms with Crippen molar-refractivity contribution in [1.29, 1.82) is 0 Å². The van der Waals surface area contributed by atoms with Gasteiger partial charge in [-0.3, -0.25) is 4.79 Å². The van der Waals surface area contributed by atoms with Gasteiger partial charge in [0, 0.05) is 24.7 Å². The molecule has 2 aromatic rings. The molecule has 1 amide bonds. The van der Waals surface area contributed by atoms with E-state index in [-0.39, 0.29) is 11.8 Å². The first-order chi connectivity index (χ1) is 15.3. The van der Waals surface area contributed by atoms with Crippen LogP contribution in [0.2, 0.25) is 0 Å². The molecule has 0 radical (unpaired) electrons. The molecule has 4 N–H and O–H groups in total. The van der Waals surface area contributed by atoms with E-state index >= 15 is 0 Å². The zero-order valence-electron chi connectivity index (χ0n) is 20.0. The van der Waals surface area contributed by atoms with Gasteiger partial charge in [-0.25, -0.2) is 9.97 Å². The van der Waals surface area contributed by atoms with Gasteiger partial charge in [0.05, 0.1) is 11.2 Å². The van der Waals surface area contributed by atoms with Crippen LogP contribution in [0.15, 0.2) is 36.0 Å². The van der Waals surface area contributed by atoms with Gasteiger partial charge < -0.3 is 21.1 Å². The van der Waals surface area contributed by atoms with E-state index < -0.39 is 11.1 Å². The number of fused-ring (bicyclic) bond motifs is 1. The van der Waals surface area contributed by atoms with Crippen molar-refractivity contribution >= 4 is 22.6 Å². The lowest BCUT2D eigenvalue weighted by molar-refractivity contribution is -0.123. The zero-order chi connectivity index (χ0) is 23.4. The summed E-state index contributed by atoms with van der Waals surface area (Å²) in [6, 6.07) is 5.71. The monoisotopic (exact) mass is 439 g/mol. The van der Waals surface area contributed by atoms with Crippen LogP contribution in [-0.4, -0.2) is 46.7 Å². The molecule has 0 spiro atoms. The van der Waals surface area contributed by atoms with Crippen molar-refractivity contribution in [3.05, 3.63) is 41.7 Å². The van der Waals surface area contributed by atoms with Crippen molar-refractivity contribution in [3.63, 3.8) is 0 Å². The van der Waals surface area contributed by atoms with Crippen LogP contribution < -0.4 is 16.0 Å². The summed E-state index contributed by atoms with van der Waals surface area (Å²) in [6.45, 7) is 9.69. The largest absolute Gasteiger partial charge is 0.384 e. The Bertz CT molecular complexity index is 981. The molecule has 7 heteroatoms. The predicted molar refractivity (Wildman–Crippen MR) is 129 cm³/mol. The average molecular weight is 440 g/mol. The molecule has 174 valence electrons. The fraction of sp³-hybridized carbons (Fsp3) is 0.560. The van der Waals surface area contributed by atoms with Crippen LogP contribution in [0.1, 0.15) is 59.1 Å². The summed E-state index contributed by atoms with van der Waals surface area (Å²) in [4.78, 5) is 22.2. The van der Waals surface area contributed by atoms with Crippen molar-refractivity contribution in [3.8, 4) is 0 Å². The lowest BCUT2D eigenvalue weighted by Crippen LogP contribution is -2.50. The number of carbonyl (C=O) groups excluding carboxylic acids is 1. The van der Waals surface area contributed by atoms with Gasteiger partial charge in [-0.1, -0.05) is 19.9 Å². The number of piperidine rings is 1. The number of nitrogens with zero attached hydrogens (tertiary/aromatic N) is 2. The zero-order valence-corrected chi connectivity index (χ0v) is 20.0. The van der Waals surface area contributed by atoms with Crippen LogP contribution >= 0.6 is 0 Å². The van der Waals surface area contributed by atoms with Crippen molar-refractivity contribution in [2.45, 2.75) is 64.5 Å². The third-order valence-corrected chi connectivity index (χ3v) is 6.76. The fourth-order valence-corrected chi connectivity index (χ4v) is 4.70. The number of allylic oxidation sites excluding steroid dienone is 1. The minimum absolute atomic E-state index is 0.114. The SMILES string of the molecule is CC/C=C(\CC)C(C)(Nc1cc2nc(C(C)(O)C3CCNCC3)ccc2cn1)C(=O)NC. The summed E-state index contributed by atoms with van der Waals surface area (Å²) in [5, 5.41) is 21.7. The van der Waals surface area contributed by atoms with E-state index in [2.05, 4.69) is 40.9 Å². The van der Waals surface area contributed by atoms with Gasteiger partial charge in [0.25, 0.3) is 0 Å². The van der Waals surface area contributed by atoms with Gasteiger partial charge in [0.1, 0.15) is 17.0 Å². The van der Waals surface area contributed by atoms with E-state index in [1.165, 1.54) is 0 Å². The van der Waals surface area contributed by atoms with Gasteiger partial charge >= 0.3 is 0 Å². The molecule has 0 bridgehead atoms. The second-order valence-corrected chi connectivity index (χ2v) is 8.95. The van der Waals surface area contributed by atoms with Crippen LogP contribution in [-0.2, 0) is 10.4 Å². The maximum absolute atomic E-state index is 12.8. The Morgan fingerprint density at radius 2 is 2.00 bits per heavy atom. The van der Waals surface area contributed by atoms with E-state index in [4.69, 9.17) is 4.98 Å². The number of aromatic nitrogens is 2. The molecule has 2 aromatic heterocycles. The van der Waals surface area contributed by atoms with Crippen molar-refractivity contribution in [2.75, 3.05) is 25.5 Å². The lowest BCUT2D eigenvalue weighted by atomic mass is 9.80. The number of carbonyl (C=O) groups is 1. The highest BCUT2D eigenvalue weighted by atomic mass is 16.3. The normalized spacial score (nSPS) is 19.2. The van der Waals surface area contributed by atoms with Crippen molar-refractivity contribution in [2.24, 2.45) is 5.92 Å². The molecule has 0 aromatic carbocycles. The number of likely N-dealkylation sites (N-methyl/N-ethyl adjacent to an activating group) is 1. The van der Waals surface area contributed by atoms with Crippen LogP contribution in [0.4, 0.5) is 5.82 Å². The van der Waals surface area contributed by atoms with E-state index in [0.717, 1.165) is 55.2 Å². The number of rotatable bonds is 8. The second-order valence-electron chi connectivity index (χ2n) is 8.95. The molecule has 1 saturated heterocycles. The van der Waals surface area contributed by atoms with Crippen LogP contribution in [0.5, 0.6) is 0 Å². The number of amides is 1. The molecule has 1 fully saturated rings. The second kappa shape index (κ2) is 9.96. The van der Waals surface area contributed by atoms with E-state index in [0.29, 0.717) is 11.5 Å². The Morgan fingerprint density at radius 1 is 1.28 bits per heavy atom. The molecule has 0 aliphatic carbocycles. The molecule has 3 rings (SSSR count). The molecule has 2 atom stereocenters. The molecule has 32 heavy (non-hydrogen) atoms. The first kappa shape index (κ1) is 24.1. The van der Waals surface area contributed by atoms with E-state index in [1.807, 2.05) is 32.0 Å². The highest BCUT2D eigenvalue weighted by Gasteiger charge is 2.37. The first-order valence-corrected chi connectivity index (χ1v) is 11.7. The number of nitrogens with one attached hydrogen (secondary N) is 3. The van der Waals surface area contributed by atoms with Crippen LogP contribution in [0, 0.1) is 5.92 Å². The minimum Gasteiger partial charge on any atom is -0.384 e. The Hall–Kier alpha value is -2.51. The summed E-state index contributed by atoms with van der Waals surface area (Å²) >= 11 is 0. The van der Waals surface area contributed by atoms with E-state index in [9.17, 15) is 9.90 Å². The molecular weight excluding hydrogens is 402 g/mol. The quantitative estimate of drug-likeness (QED) is 0.470. The molecular formula is C25H37N5O2. The fourth-order valence-electron chi connectivity index (χ4n) is 4.70. The molecule has 0 saturated carbocycles. The summed E-state index contributed by atoms with van der Waals surface area (Å²) < 4.78 is 0. The molecule has 1 aliphatic heterocycles. The summed E-state index contributed by atoms with van der Waals surface area (Å²) in [7, 11) is 1.64. The third-order valence-electron chi connectivity index (χ3n) is 6.76. The molecule has 7 nitrogen and oxygen atoms in total. The minimum atomic E-state index is -0.997. The van der Waals surface area contributed by atoms with Crippen molar-refractivity contribution < 1.29 is 9.90 Å². The highest BCUT2D eigenvalue weighted by molar-refractivity contribution is 5.93. The Kier molecular flexibility index (Phi) is 7.51. The lowest BCUT2D eigenvalue weighted by Gasteiger charge is -2.35. The van der Waals surface area contributed by atoms with Gasteiger partial charge in [0.2, 0.25) is 5.91 Å². The van der Waals surface area contributed by atoms with Crippen LogP contribution in [0.25, 0.3) is 10.9 Å². The highest BCUT2D eigenvalue weighted by Crippen LogP contribution is 2.35. The topological polar surface area (TPSA) is 99.2 Å².